The minimum atomic E-state index is -0.111. The third-order valence-electron chi connectivity index (χ3n) is 4.40. The van der Waals surface area contributed by atoms with Crippen LogP contribution in [-0.4, -0.2) is 34.9 Å². The highest BCUT2D eigenvalue weighted by atomic mass is 16.2. The van der Waals surface area contributed by atoms with Gasteiger partial charge in [-0.15, -0.1) is 0 Å². The Labute approximate surface area is 152 Å². The summed E-state index contributed by atoms with van der Waals surface area (Å²) in [6.45, 7) is 3.30. The number of piperidine rings is 1. The van der Waals surface area contributed by atoms with E-state index in [9.17, 15) is 9.59 Å². The molecule has 1 aromatic heterocycles. The van der Waals surface area contributed by atoms with Crippen molar-refractivity contribution < 1.29 is 9.59 Å². The van der Waals surface area contributed by atoms with Crippen LogP contribution in [0.1, 0.15) is 26.2 Å². The number of aromatic nitrogens is 2. The van der Waals surface area contributed by atoms with Gasteiger partial charge in [-0.1, -0.05) is 13.0 Å². The molecular weight excluding hydrogens is 330 g/mol. The number of carbonyl (C=O) groups is 2. The van der Waals surface area contributed by atoms with Crippen molar-refractivity contribution in [2.24, 2.45) is 5.92 Å². The molecule has 1 aliphatic heterocycles. The molecule has 1 unspecified atom stereocenters. The van der Waals surface area contributed by atoms with Crippen molar-refractivity contribution in [2.45, 2.75) is 26.2 Å². The number of nitrogens with zero attached hydrogens (tertiary/aromatic N) is 3. The zero-order valence-corrected chi connectivity index (χ0v) is 14.8. The molecule has 7 heteroatoms. The lowest BCUT2D eigenvalue weighted by Gasteiger charge is -2.32. The normalized spacial score (nSPS) is 16.8. The maximum absolute atomic E-state index is 12.7. The fourth-order valence-corrected chi connectivity index (χ4v) is 3.02. The van der Waals surface area contributed by atoms with Crippen molar-refractivity contribution in [3.8, 4) is 0 Å². The van der Waals surface area contributed by atoms with Crippen LogP contribution >= 0.6 is 0 Å². The van der Waals surface area contributed by atoms with E-state index in [0.717, 1.165) is 25.2 Å². The van der Waals surface area contributed by atoms with Gasteiger partial charge < -0.3 is 15.5 Å². The predicted molar refractivity (Wildman–Crippen MR) is 101 cm³/mol. The summed E-state index contributed by atoms with van der Waals surface area (Å²) in [5.74, 6) is 0.617. The first-order valence-corrected chi connectivity index (χ1v) is 8.87. The van der Waals surface area contributed by atoms with Crippen molar-refractivity contribution in [3.63, 3.8) is 0 Å². The lowest BCUT2D eigenvalue weighted by Crippen LogP contribution is -2.41. The van der Waals surface area contributed by atoms with E-state index in [1.807, 2.05) is 12.1 Å². The Morgan fingerprint density at radius 1 is 1.23 bits per heavy atom. The lowest BCUT2D eigenvalue weighted by atomic mass is 9.97. The van der Waals surface area contributed by atoms with E-state index in [1.165, 1.54) is 0 Å². The van der Waals surface area contributed by atoms with Crippen molar-refractivity contribution in [1.29, 1.82) is 0 Å². The smallest absolute Gasteiger partial charge is 0.229 e. The summed E-state index contributed by atoms with van der Waals surface area (Å²) in [6, 6.07) is 7.21. The number of carbonyl (C=O) groups excluding carboxylic acids is 2. The molecule has 2 amide bonds. The van der Waals surface area contributed by atoms with Gasteiger partial charge in [0.15, 0.2) is 0 Å². The molecule has 1 aliphatic rings. The van der Waals surface area contributed by atoms with E-state index in [-0.39, 0.29) is 17.7 Å². The number of amides is 2. The largest absolute Gasteiger partial charge is 0.355 e. The van der Waals surface area contributed by atoms with Gasteiger partial charge in [-0.25, -0.2) is 4.98 Å². The van der Waals surface area contributed by atoms with Crippen LogP contribution in [0.4, 0.5) is 17.2 Å². The van der Waals surface area contributed by atoms with Crippen LogP contribution in [0.2, 0.25) is 0 Å². The highest BCUT2D eigenvalue weighted by Gasteiger charge is 2.26. The average molecular weight is 353 g/mol. The molecule has 3 rings (SSSR count). The summed E-state index contributed by atoms with van der Waals surface area (Å²) in [7, 11) is 0. The molecule has 1 aromatic carbocycles. The van der Waals surface area contributed by atoms with Crippen molar-refractivity contribution in [2.75, 3.05) is 28.6 Å². The first-order valence-electron chi connectivity index (χ1n) is 8.87. The second-order valence-electron chi connectivity index (χ2n) is 6.32. The summed E-state index contributed by atoms with van der Waals surface area (Å²) in [5.41, 5.74) is 1.36. The summed E-state index contributed by atoms with van der Waals surface area (Å²) >= 11 is 0. The van der Waals surface area contributed by atoms with Crippen LogP contribution < -0.4 is 15.5 Å². The van der Waals surface area contributed by atoms with E-state index < -0.39 is 0 Å². The van der Waals surface area contributed by atoms with Crippen LogP contribution in [0, 0.1) is 5.92 Å². The zero-order chi connectivity index (χ0) is 18.4. The molecule has 26 heavy (non-hydrogen) atoms. The van der Waals surface area contributed by atoms with E-state index in [4.69, 9.17) is 0 Å². The second kappa shape index (κ2) is 8.42. The quantitative estimate of drug-likeness (QED) is 0.863. The van der Waals surface area contributed by atoms with E-state index in [2.05, 4.69) is 25.5 Å². The van der Waals surface area contributed by atoms with Gasteiger partial charge in [0.2, 0.25) is 11.8 Å². The van der Waals surface area contributed by atoms with Crippen LogP contribution in [0.25, 0.3) is 0 Å². The molecule has 1 saturated heterocycles. The first-order chi connectivity index (χ1) is 12.7. The fraction of sp³-hybridized carbons (Fsp3) is 0.368. The minimum Gasteiger partial charge on any atom is -0.355 e. The van der Waals surface area contributed by atoms with Gasteiger partial charge in [0.1, 0.15) is 5.82 Å². The van der Waals surface area contributed by atoms with Crippen molar-refractivity contribution >= 4 is 29.0 Å². The molecule has 1 atom stereocenters. The van der Waals surface area contributed by atoms with Gasteiger partial charge in [0.05, 0.1) is 12.1 Å². The molecule has 0 aliphatic carbocycles. The Bertz CT molecular complexity index is 766. The molecule has 0 saturated carbocycles. The molecular formula is C19H23N5O2. The highest BCUT2D eigenvalue weighted by molar-refractivity contribution is 5.95. The van der Waals surface area contributed by atoms with Gasteiger partial charge in [-0.05, 0) is 31.0 Å². The molecule has 0 bridgehead atoms. The molecule has 2 aromatic rings. The van der Waals surface area contributed by atoms with Crippen LogP contribution in [0.5, 0.6) is 0 Å². The number of rotatable bonds is 5. The van der Waals surface area contributed by atoms with Crippen molar-refractivity contribution in [1.82, 2.24) is 9.97 Å². The lowest BCUT2D eigenvalue weighted by molar-refractivity contribution is -0.120. The Morgan fingerprint density at radius 2 is 2.04 bits per heavy atom. The zero-order valence-electron chi connectivity index (χ0n) is 14.8. The maximum Gasteiger partial charge on any atom is 0.229 e. The number of hydrogen-bond donors (Lipinski definition) is 2. The summed E-state index contributed by atoms with van der Waals surface area (Å²) < 4.78 is 0. The molecule has 0 radical (unpaired) electrons. The fourth-order valence-electron chi connectivity index (χ4n) is 3.02. The Hall–Kier alpha value is -2.96. The molecule has 7 nitrogen and oxygen atoms in total. The number of anilines is 3. The van der Waals surface area contributed by atoms with Gasteiger partial charge in [-0.3, -0.25) is 14.6 Å². The van der Waals surface area contributed by atoms with Gasteiger partial charge in [0, 0.05) is 43.3 Å². The topological polar surface area (TPSA) is 87.2 Å². The number of benzene rings is 1. The van der Waals surface area contributed by atoms with Gasteiger partial charge in [0.25, 0.3) is 0 Å². The third kappa shape index (κ3) is 4.56. The second-order valence-corrected chi connectivity index (χ2v) is 6.32. The SMILES string of the molecule is CCC(=O)Nc1cccc(NC(=O)C2CCCN(c3cnccn3)C2)c1. The van der Waals surface area contributed by atoms with E-state index in [1.54, 1.807) is 37.6 Å². The maximum atomic E-state index is 12.7. The average Bonchev–Trinajstić information content (AvgIpc) is 2.69. The monoisotopic (exact) mass is 353 g/mol. The van der Waals surface area contributed by atoms with E-state index in [0.29, 0.717) is 24.3 Å². The highest BCUT2D eigenvalue weighted by Crippen LogP contribution is 2.23. The summed E-state index contributed by atoms with van der Waals surface area (Å²) in [5, 5.41) is 5.76. The third-order valence-corrected chi connectivity index (χ3v) is 4.40. The Balaban J connectivity index is 1.62. The Morgan fingerprint density at radius 3 is 2.77 bits per heavy atom. The predicted octanol–water partition coefficient (Wildman–Crippen LogP) is 2.68. The summed E-state index contributed by atoms with van der Waals surface area (Å²) in [4.78, 5) is 34.7. The molecule has 0 spiro atoms. The molecule has 136 valence electrons. The first kappa shape index (κ1) is 17.8. The summed E-state index contributed by atoms with van der Waals surface area (Å²) in [6.07, 6.45) is 7.21. The van der Waals surface area contributed by atoms with E-state index >= 15 is 0 Å². The van der Waals surface area contributed by atoms with Gasteiger partial charge in [-0.2, -0.15) is 0 Å². The Kier molecular flexibility index (Phi) is 5.78. The molecule has 1 fully saturated rings. The van der Waals surface area contributed by atoms with Crippen molar-refractivity contribution in [3.05, 3.63) is 42.9 Å². The number of nitrogens with one attached hydrogen (secondary N) is 2. The van der Waals surface area contributed by atoms with Gasteiger partial charge >= 0.3 is 0 Å². The van der Waals surface area contributed by atoms with Crippen LogP contribution in [0.15, 0.2) is 42.9 Å². The molecule has 2 heterocycles. The van der Waals surface area contributed by atoms with Crippen LogP contribution in [0.3, 0.4) is 0 Å². The standard InChI is InChI=1S/C19H23N5O2/c1-2-18(25)22-15-6-3-7-16(11-15)23-19(26)14-5-4-10-24(13-14)17-12-20-8-9-21-17/h3,6-9,11-12,14H,2,4-5,10,13H2,1H3,(H,22,25)(H,23,26). The minimum absolute atomic E-state index is 0.0161. The molecule has 2 N–H and O–H groups in total. The van der Waals surface area contributed by atoms with Crippen LogP contribution in [-0.2, 0) is 9.59 Å². The number of hydrogen-bond acceptors (Lipinski definition) is 5.